The zero-order valence-corrected chi connectivity index (χ0v) is 9.61. The summed E-state index contributed by atoms with van der Waals surface area (Å²) >= 11 is 0. The van der Waals surface area contributed by atoms with E-state index in [0.29, 0.717) is 5.82 Å². The van der Waals surface area contributed by atoms with Gasteiger partial charge in [0.25, 0.3) is 0 Å². The van der Waals surface area contributed by atoms with Crippen LogP contribution in [0.15, 0.2) is 18.2 Å². The average molecular weight is 228 g/mol. The number of aromatic nitrogens is 2. The van der Waals surface area contributed by atoms with Crippen molar-refractivity contribution in [1.29, 1.82) is 5.26 Å². The molecule has 2 rings (SSSR count). The molecule has 1 heterocycles. The number of ether oxygens (including phenoxy) is 1. The maximum Gasteiger partial charge on any atom is 0.161 e. The van der Waals surface area contributed by atoms with Crippen molar-refractivity contribution in [2.45, 2.75) is 6.92 Å². The van der Waals surface area contributed by atoms with Crippen molar-refractivity contribution in [2.24, 2.45) is 0 Å². The van der Waals surface area contributed by atoms with Crippen molar-refractivity contribution in [3.8, 4) is 23.2 Å². The van der Waals surface area contributed by atoms with Crippen LogP contribution in [-0.2, 0) is 0 Å². The topological polar surface area (TPSA) is 87.7 Å². The van der Waals surface area contributed by atoms with Crippen molar-refractivity contribution >= 4 is 5.82 Å². The lowest BCUT2D eigenvalue weighted by Crippen LogP contribution is -1.89. The largest absolute Gasteiger partial charge is 0.496 e. The highest BCUT2D eigenvalue weighted by Gasteiger charge is 2.09. The predicted octanol–water partition coefficient (Wildman–Crippen LogP) is 1.85. The Labute approximate surface area is 98.9 Å². The lowest BCUT2D eigenvalue weighted by atomic mass is 10.1. The summed E-state index contributed by atoms with van der Waals surface area (Å²) in [5.74, 6) is 1.62. The quantitative estimate of drug-likeness (QED) is 0.821. The van der Waals surface area contributed by atoms with E-state index >= 15 is 0 Å². The predicted molar refractivity (Wildman–Crippen MR) is 64.4 cm³/mol. The van der Waals surface area contributed by atoms with Gasteiger partial charge in [-0.05, 0) is 30.7 Å². The van der Waals surface area contributed by atoms with Crippen molar-refractivity contribution in [2.75, 3.05) is 12.8 Å². The van der Waals surface area contributed by atoms with E-state index < -0.39 is 0 Å². The number of anilines is 1. The van der Waals surface area contributed by atoms with Crippen molar-refractivity contribution in [3.05, 3.63) is 29.5 Å². The first-order chi connectivity index (χ1) is 8.15. The van der Waals surface area contributed by atoms with Gasteiger partial charge in [-0.3, -0.25) is 0 Å². The first-order valence-electron chi connectivity index (χ1n) is 5.06. The van der Waals surface area contributed by atoms with Crippen molar-refractivity contribution in [1.82, 2.24) is 9.97 Å². The molecule has 0 atom stereocenters. The lowest BCUT2D eigenvalue weighted by molar-refractivity contribution is 0.412. The smallest absolute Gasteiger partial charge is 0.161 e. The number of imidazole rings is 1. The molecule has 0 radical (unpaired) electrons. The van der Waals surface area contributed by atoms with Crippen LogP contribution in [0.3, 0.4) is 0 Å². The number of nitrogen functional groups attached to an aromatic ring is 1. The van der Waals surface area contributed by atoms with Crippen LogP contribution in [0.5, 0.6) is 5.75 Å². The molecule has 0 unspecified atom stereocenters. The number of H-pyrrole nitrogens is 1. The van der Waals surface area contributed by atoms with Crippen LogP contribution in [0, 0.1) is 18.3 Å². The number of nitrogens with zero attached hydrogens (tertiary/aromatic N) is 2. The fourth-order valence-corrected chi connectivity index (χ4v) is 1.63. The van der Waals surface area contributed by atoms with Crippen LogP contribution in [0.1, 0.15) is 11.3 Å². The van der Waals surface area contributed by atoms with E-state index in [0.717, 1.165) is 16.9 Å². The number of aryl methyl sites for hydroxylation is 1. The molecule has 0 aliphatic rings. The summed E-state index contributed by atoms with van der Waals surface area (Å²) in [5.41, 5.74) is 7.75. The number of benzene rings is 1. The third-order valence-corrected chi connectivity index (χ3v) is 2.51. The number of nitriles is 1. The SMILES string of the molecule is COc1ccc(-c2nc(N)c(C#N)[nH]2)cc1C. The van der Waals surface area contributed by atoms with E-state index in [1.54, 1.807) is 7.11 Å². The number of hydrogen-bond donors (Lipinski definition) is 2. The third kappa shape index (κ3) is 1.93. The molecular weight excluding hydrogens is 216 g/mol. The van der Waals surface area contributed by atoms with Gasteiger partial charge in [0, 0.05) is 5.56 Å². The number of rotatable bonds is 2. The highest BCUT2D eigenvalue weighted by molar-refractivity contribution is 5.63. The van der Waals surface area contributed by atoms with E-state index in [1.165, 1.54) is 0 Å². The minimum Gasteiger partial charge on any atom is -0.496 e. The van der Waals surface area contributed by atoms with Crippen molar-refractivity contribution in [3.63, 3.8) is 0 Å². The molecule has 0 aliphatic carbocycles. The second-order valence-electron chi connectivity index (χ2n) is 3.64. The molecular formula is C12H12N4O. The Balaban J connectivity index is 2.47. The summed E-state index contributed by atoms with van der Waals surface area (Å²) in [5, 5.41) is 8.79. The maximum absolute atomic E-state index is 8.79. The molecule has 0 bridgehead atoms. The Hall–Kier alpha value is -2.48. The highest BCUT2D eigenvalue weighted by atomic mass is 16.5. The van der Waals surface area contributed by atoms with E-state index in [9.17, 15) is 0 Å². The summed E-state index contributed by atoms with van der Waals surface area (Å²) in [4.78, 5) is 6.98. The van der Waals surface area contributed by atoms with Gasteiger partial charge in [0.2, 0.25) is 0 Å². The molecule has 5 nitrogen and oxygen atoms in total. The molecule has 17 heavy (non-hydrogen) atoms. The number of methoxy groups -OCH3 is 1. The van der Waals surface area contributed by atoms with Gasteiger partial charge in [0.05, 0.1) is 7.11 Å². The van der Waals surface area contributed by atoms with E-state index in [-0.39, 0.29) is 11.5 Å². The normalized spacial score (nSPS) is 9.94. The highest BCUT2D eigenvalue weighted by Crippen LogP contribution is 2.25. The summed E-state index contributed by atoms with van der Waals surface area (Å²) < 4.78 is 5.18. The molecule has 0 saturated heterocycles. The first-order valence-corrected chi connectivity index (χ1v) is 5.06. The molecule has 0 amide bonds. The van der Waals surface area contributed by atoms with Gasteiger partial charge in [0.1, 0.15) is 17.6 Å². The van der Waals surface area contributed by atoms with Gasteiger partial charge in [-0.2, -0.15) is 5.26 Å². The van der Waals surface area contributed by atoms with Crippen molar-refractivity contribution < 1.29 is 4.74 Å². The molecule has 1 aromatic heterocycles. The summed E-state index contributed by atoms with van der Waals surface area (Å²) in [6.07, 6.45) is 0. The lowest BCUT2D eigenvalue weighted by Gasteiger charge is -2.05. The zero-order chi connectivity index (χ0) is 12.4. The van der Waals surface area contributed by atoms with E-state index in [2.05, 4.69) is 9.97 Å². The molecule has 0 saturated carbocycles. The number of nitrogens with one attached hydrogen (secondary N) is 1. The van der Waals surface area contributed by atoms with E-state index in [1.807, 2.05) is 31.2 Å². The van der Waals surface area contributed by atoms with E-state index in [4.69, 9.17) is 15.7 Å². The van der Waals surface area contributed by atoms with Gasteiger partial charge in [0.15, 0.2) is 11.5 Å². The minimum atomic E-state index is 0.218. The molecule has 0 spiro atoms. The monoisotopic (exact) mass is 228 g/mol. The Bertz CT molecular complexity index is 595. The Kier molecular flexibility index (Phi) is 2.71. The second kappa shape index (κ2) is 4.18. The van der Waals surface area contributed by atoms with Gasteiger partial charge in [-0.1, -0.05) is 0 Å². The fraction of sp³-hybridized carbons (Fsp3) is 0.167. The Morgan fingerprint density at radius 3 is 2.76 bits per heavy atom. The van der Waals surface area contributed by atoms with Crippen LogP contribution >= 0.6 is 0 Å². The molecule has 3 N–H and O–H groups in total. The number of hydrogen-bond acceptors (Lipinski definition) is 4. The average Bonchev–Trinajstić information content (AvgIpc) is 2.70. The standard InChI is InChI=1S/C12H12N4O/c1-7-5-8(3-4-10(7)17-2)12-15-9(6-13)11(14)16-12/h3-5H,14H2,1-2H3,(H,15,16). The van der Waals surface area contributed by atoms with Gasteiger partial charge in [-0.15, -0.1) is 0 Å². The molecule has 0 fully saturated rings. The maximum atomic E-state index is 8.79. The van der Waals surface area contributed by atoms with Crippen LogP contribution in [0.25, 0.3) is 11.4 Å². The molecule has 2 aromatic rings. The van der Waals surface area contributed by atoms with Gasteiger partial charge >= 0.3 is 0 Å². The fourth-order valence-electron chi connectivity index (χ4n) is 1.63. The second-order valence-corrected chi connectivity index (χ2v) is 3.64. The van der Waals surface area contributed by atoms with Gasteiger partial charge < -0.3 is 15.5 Å². The molecule has 0 aliphatic heterocycles. The van der Waals surface area contributed by atoms with Crippen LogP contribution in [-0.4, -0.2) is 17.1 Å². The Morgan fingerprint density at radius 1 is 1.47 bits per heavy atom. The van der Waals surface area contributed by atoms with Gasteiger partial charge in [-0.25, -0.2) is 4.98 Å². The summed E-state index contributed by atoms with van der Waals surface area (Å²) in [6.45, 7) is 1.94. The van der Waals surface area contributed by atoms with Crippen LogP contribution < -0.4 is 10.5 Å². The molecule has 1 aromatic carbocycles. The Morgan fingerprint density at radius 2 is 2.24 bits per heavy atom. The van der Waals surface area contributed by atoms with Crippen LogP contribution in [0.4, 0.5) is 5.82 Å². The zero-order valence-electron chi connectivity index (χ0n) is 9.61. The first kappa shape index (κ1) is 11.0. The number of aromatic amines is 1. The third-order valence-electron chi connectivity index (χ3n) is 2.51. The summed E-state index contributed by atoms with van der Waals surface area (Å²) in [6, 6.07) is 7.61. The molecule has 5 heteroatoms. The van der Waals surface area contributed by atoms with Crippen LogP contribution in [0.2, 0.25) is 0 Å². The minimum absolute atomic E-state index is 0.218. The molecule has 86 valence electrons. The number of nitrogens with two attached hydrogens (primary N) is 1. The summed E-state index contributed by atoms with van der Waals surface area (Å²) in [7, 11) is 1.63.